The van der Waals surface area contributed by atoms with Gasteiger partial charge in [0.1, 0.15) is 0 Å². The van der Waals surface area contributed by atoms with Gasteiger partial charge in [-0.15, -0.1) is 0 Å². The van der Waals surface area contributed by atoms with Crippen LogP contribution in [0.1, 0.15) is 29.6 Å². The van der Waals surface area contributed by atoms with Crippen molar-refractivity contribution in [2.75, 3.05) is 6.54 Å². The normalized spacial score (nSPS) is 14.4. The van der Waals surface area contributed by atoms with E-state index in [-0.39, 0.29) is 24.9 Å². The molecular formula is C14H15N3O3. The third-order valence-corrected chi connectivity index (χ3v) is 3.50. The van der Waals surface area contributed by atoms with E-state index in [4.69, 9.17) is 5.11 Å². The maximum absolute atomic E-state index is 12.5. The van der Waals surface area contributed by atoms with Gasteiger partial charge in [0.15, 0.2) is 0 Å². The molecule has 104 valence electrons. The van der Waals surface area contributed by atoms with Gasteiger partial charge in [0.05, 0.1) is 18.1 Å². The lowest BCUT2D eigenvalue weighted by atomic mass is 10.1. The van der Waals surface area contributed by atoms with Crippen molar-refractivity contribution in [3.63, 3.8) is 0 Å². The van der Waals surface area contributed by atoms with E-state index in [9.17, 15) is 9.59 Å². The van der Waals surface area contributed by atoms with Crippen LogP contribution in [0.4, 0.5) is 0 Å². The van der Waals surface area contributed by atoms with Crippen LogP contribution in [0.5, 0.6) is 0 Å². The fraction of sp³-hybridized carbons (Fsp3) is 0.357. The van der Waals surface area contributed by atoms with E-state index < -0.39 is 5.97 Å². The van der Waals surface area contributed by atoms with Crippen LogP contribution in [0.15, 0.2) is 24.4 Å². The largest absolute Gasteiger partial charge is 0.481 e. The first kappa shape index (κ1) is 12.7. The van der Waals surface area contributed by atoms with Crippen molar-refractivity contribution in [1.29, 1.82) is 0 Å². The molecule has 1 saturated carbocycles. The molecular weight excluding hydrogens is 258 g/mol. The minimum absolute atomic E-state index is 0.0177. The zero-order valence-electron chi connectivity index (χ0n) is 10.9. The maximum atomic E-state index is 12.5. The smallest absolute Gasteiger partial charge is 0.305 e. The van der Waals surface area contributed by atoms with Crippen LogP contribution in [0, 0.1) is 0 Å². The van der Waals surface area contributed by atoms with Gasteiger partial charge in [-0.1, -0.05) is 0 Å². The number of nitrogens with one attached hydrogen (secondary N) is 1. The molecule has 1 aromatic heterocycles. The third kappa shape index (κ3) is 2.49. The summed E-state index contributed by atoms with van der Waals surface area (Å²) < 4.78 is 0. The first-order chi connectivity index (χ1) is 9.65. The highest BCUT2D eigenvalue weighted by Crippen LogP contribution is 2.28. The Kier molecular flexibility index (Phi) is 3.14. The van der Waals surface area contributed by atoms with Crippen LogP contribution in [0.3, 0.4) is 0 Å². The van der Waals surface area contributed by atoms with Gasteiger partial charge in [-0.25, -0.2) is 0 Å². The van der Waals surface area contributed by atoms with E-state index in [1.54, 1.807) is 23.2 Å². The average Bonchev–Trinajstić information content (AvgIpc) is 3.15. The van der Waals surface area contributed by atoms with Crippen molar-refractivity contribution >= 4 is 22.8 Å². The summed E-state index contributed by atoms with van der Waals surface area (Å²) in [6.07, 6.45) is 3.57. The average molecular weight is 273 g/mol. The molecule has 0 atom stereocenters. The molecule has 20 heavy (non-hydrogen) atoms. The summed E-state index contributed by atoms with van der Waals surface area (Å²) in [5.41, 5.74) is 1.46. The number of aliphatic carboxylic acids is 1. The number of H-pyrrole nitrogens is 1. The van der Waals surface area contributed by atoms with Crippen molar-refractivity contribution in [2.45, 2.75) is 25.3 Å². The van der Waals surface area contributed by atoms with Crippen molar-refractivity contribution in [1.82, 2.24) is 15.1 Å². The highest BCUT2D eigenvalue weighted by atomic mass is 16.4. The molecule has 2 N–H and O–H groups in total. The number of carboxylic acids is 1. The first-order valence-electron chi connectivity index (χ1n) is 6.61. The van der Waals surface area contributed by atoms with Gasteiger partial charge in [0.25, 0.3) is 5.91 Å². The molecule has 0 spiro atoms. The van der Waals surface area contributed by atoms with Crippen molar-refractivity contribution in [3.8, 4) is 0 Å². The lowest BCUT2D eigenvalue weighted by Gasteiger charge is -2.21. The minimum atomic E-state index is -0.881. The predicted octanol–water partition coefficient (Wildman–Crippen LogP) is 1.64. The molecule has 0 unspecified atom stereocenters. The molecule has 1 fully saturated rings. The molecule has 1 amide bonds. The van der Waals surface area contributed by atoms with E-state index in [0.29, 0.717) is 5.56 Å². The Hall–Kier alpha value is -2.37. The SMILES string of the molecule is O=C(O)CCN(C(=O)c1ccc2[nH]ncc2c1)C1CC1. The van der Waals surface area contributed by atoms with Crippen LogP contribution in [0.25, 0.3) is 10.9 Å². The highest BCUT2D eigenvalue weighted by Gasteiger charge is 2.33. The molecule has 0 radical (unpaired) electrons. The van der Waals surface area contributed by atoms with Gasteiger partial charge < -0.3 is 10.0 Å². The number of aromatic nitrogens is 2. The van der Waals surface area contributed by atoms with Crippen molar-refractivity contribution < 1.29 is 14.7 Å². The van der Waals surface area contributed by atoms with Crippen molar-refractivity contribution in [3.05, 3.63) is 30.0 Å². The lowest BCUT2D eigenvalue weighted by Crippen LogP contribution is -2.34. The molecule has 2 aromatic rings. The molecule has 0 bridgehead atoms. The molecule has 6 nitrogen and oxygen atoms in total. The first-order valence-corrected chi connectivity index (χ1v) is 6.61. The number of amides is 1. The second kappa shape index (κ2) is 4.96. The van der Waals surface area contributed by atoms with Gasteiger partial charge in [0, 0.05) is 23.5 Å². The molecule has 1 aliphatic carbocycles. The minimum Gasteiger partial charge on any atom is -0.481 e. The number of carbonyl (C=O) groups is 2. The second-order valence-corrected chi connectivity index (χ2v) is 5.05. The number of carboxylic acid groups (broad SMARTS) is 1. The zero-order valence-corrected chi connectivity index (χ0v) is 10.9. The highest BCUT2D eigenvalue weighted by molar-refractivity contribution is 5.98. The Balaban J connectivity index is 1.82. The van der Waals surface area contributed by atoms with Crippen LogP contribution in [-0.2, 0) is 4.79 Å². The fourth-order valence-corrected chi connectivity index (χ4v) is 2.29. The van der Waals surface area contributed by atoms with E-state index >= 15 is 0 Å². The van der Waals surface area contributed by atoms with Gasteiger partial charge in [-0.3, -0.25) is 14.7 Å². The van der Waals surface area contributed by atoms with E-state index in [2.05, 4.69) is 10.2 Å². The molecule has 6 heteroatoms. The standard InChI is InChI=1S/C14H15N3O3/c18-13(19)5-6-17(11-2-3-11)14(20)9-1-4-12-10(7-9)8-15-16-12/h1,4,7-8,11H,2-3,5-6H2,(H,15,16)(H,18,19). The molecule has 1 aliphatic rings. The van der Waals surface area contributed by atoms with Crippen LogP contribution in [-0.4, -0.2) is 44.7 Å². The van der Waals surface area contributed by atoms with E-state index in [1.165, 1.54) is 0 Å². The predicted molar refractivity (Wildman–Crippen MR) is 72.4 cm³/mol. The quantitative estimate of drug-likeness (QED) is 0.867. The number of nitrogens with zero attached hydrogens (tertiary/aromatic N) is 2. The number of carbonyl (C=O) groups excluding carboxylic acids is 1. The molecule has 1 heterocycles. The van der Waals surface area contributed by atoms with Crippen molar-refractivity contribution in [2.24, 2.45) is 0 Å². The Labute approximate surface area is 115 Å². The van der Waals surface area contributed by atoms with Crippen LogP contribution in [0.2, 0.25) is 0 Å². The summed E-state index contributed by atoms with van der Waals surface area (Å²) >= 11 is 0. The number of rotatable bonds is 5. The summed E-state index contributed by atoms with van der Waals surface area (Å²) in [4.78, 5) is 24.9. The number of hydrogen-bond donors (Lipinski definition) is 2. The van der Waals surface area contributed by atoms with Gasteiger partial charge in [0.2, 0.25) is 0 Å². The summed E-state index contributed by atoms with van der Waals surface area (Å²) in [6, 6.07) is 5.55. The lowest BCUT2D eigenvalue weighted by molar-refractivity contribution is -0.137. The third-order valence-electron chi connectivity index (χ3n) is 3.50. The Bertz CT molecular complexity index is 660. The summed E-state index contributed by atoms with van der Waals surface area (Å²) in [6.45, 7) is 0.266. The molecule has 3 rings (SSSR count). The number of hydrogen-bond acceptors (Lipinski definition) is 3. The van der Waals surface area contributed by atoms with E-state index in [1.807, 2.05) is 6.07 Å². The van der Waals surface area contributed by atoms with E-state index in [0.717, 1.165) is 23.7 Å². The Morgan fingerprint density at radius 1 is 1.40 bits per heavy atom. The summed E-state index contributed by atoms with van der Waals surface area (Å²) in [5, 5.41) is 16.4. The van der Waals surface area contributed by atoms with Gasteiger partial charge in [-0.05, 0) is 31.0 Å². The summed E-state index contributed by atoms with van der Waals surface area (Å²) in [7, 11) is 0. The number of benzene rings is 1. The Morgan fingerprint density at radius 2 is 2.20 bits per heavy atom. The topological polar surface area (TPSA) is 86.3 Å². The second-order valence-electron chi connectivity index (χ2n) is 5.05. The summed E-state index contributed by atoms with van der Waals surface area (Å²) in [5.74, 6) is -0.981. The Morgan fingerprint density at radius 3 is 2.90 bits per heavy atom. The maximum Gasteiger partial charge on any atom is 0.305 e. The number of fused-ring (bicyclic) bond motifs is 1. The van der Waals surface area contributed by atoms with Gasteiger partial charge in [-0.2, -0.15) is 5.10 Å². The van der Waals surface area contributed by atoms with Crippen LogP contribution >= 0.6 is 0 Å². The number of aromatic amines is 1. The van der Waals surface area contributed by atoms with Gasteiger partial charge >= 0.3 is 5.97 Å². The zero-order chi connectivity index (χ0) is 14.1. The fourth-order valence-electron chi connectivity index (χ4n) is 2.29. The monoisotopic (exact) mass is 273 g/mol. The molecule has 1 aromatic carbocycles. The molecule has 0 aliphatic heterocycles. The van der Waals surface area contributed by atoms with Crippen LogP contribution < -0.4 is 0 Å². The molecule has 0 saturated heterocycles.